The zero-order chi connectivity index (χ0) is 10.7. The third-order valence-corrected chi connectivity index (χ3v) is 4.12. The predicted octanol–water partition coefficient (Wildman–Crippen LogP) is 2.25. The number of piperidine rings is 1. The van der Waals surface area contributed by atoms with Crippen LogP contribution < -0.4 is 5.32 Å². The van der Waals surface area contributed by atoms with Crippen molar-refractivity contribution in [1.82, 2.24) is 10.2 Å². The topological polar surface area (TPSA) is 15.3 Å². The molecule has 1 N–H and O–H groups in total. The molecule has 0 radical (unpaired) electrons. The van der Waals surface area contributed by atoms with E-state index in [-0.39, 0.29) is 0 Å². The molecule has 0 aromatic rings. The van der Waals surface area contributed by atoms with Crippen molar-refractivity contribution in [3.05, 3.63) is 0 Å². The number of rotatable bonds is 4. The maximum Gasteiger partial charge on any atom is 0.0280 e. The summed E-state index contributed by atoms with van der Waals surface area (Å²) in [5.74, 6) is 1.00. The highest BCUT2D eigenvalue weighted by Gasteiger charge is 2.28. The van der Waals surface area contributed by atoms with Crippen LogP contribution in [0.2, 0.25) is 0 Å². The Labute approximate surface area is 94.4 Å². The minimum absolute atomic E-state index is 0.386. The number of hydrogen-bond acceptors (Lipinski definition) is 2. The number of likely N-dealkylation sites (N-methyl/N-ethyl adjacent to an activating group) is 1. The van der Waals surface area contributed by atoms with E-state index >= 15 is 0 Å². The highest BCUT2D eigenvalue weighted by molar-refractivity contribution is 4.89. The molecule has 15 heavy (non-hydrogen) atoms. The molecule has 0 amide bonds. The Morgan fingerprint density at radius 2 is 2.07 bits per heavy atom. The normalized spacial score (nSPS) is 33.0. The lowest BCUT2D eigenvalue weighted by Crippen LogP contribution is -2.53. The zero-order valence-electron chi connectivity index (χ0n) is 10.4. The largest absolute Gasteiger partial charge is 0.310 e. The molecule has 2 aliphatic rings. The molecule has 2 rings (SSSR count). The maximum atomic E-state index is 3.69. The molecule has 1 heterocycles. The fourth-order valence-electron chi connectivity index (χ4n) is 3.03. The summed E-state index contributed by atoms with van der Waals surface area (Å²) in [6, 6.07) is 0. The van der Waals surface area contributed by atoms with Gasteiger partial charge in [0.2, 0.25) is 0 Å². The second kappa shape index (κ2) is 4.84. The van der Waals surface area contributed by atoms with Crippen molar-refractivity contribution >= 4 is 0 Å². The van der Waals surface area contributed by atoms with Crippen LogP contribution in [-0.4, -0.2) is 37.1 Å². The van der Waals surface area contributed by atoms with Gasteiger partial charge in [0.05, 0.1) is 0 Å². The van der Waals surface area contributed by atoms with Gasteiger partial charge in [-0.25, -0.2) is 0 Å². The van der Waals surface area contributed by atoms with Crippen molar-refractivity contribution in [2.24, 2.45) is 5.92 Å². The SMILES string of the molecule is CN(CC1CCC1)CC1(C)CCCCN1. The molecule has 2 heteroatoms. The van der Waals surface area contributed by atoms with Gasteiger partial charge in [0.15, 0.2) is 0 Å². The van der Waals surface area contributed by atoms with Crippen LogP contribution in [0.5, 0.6) is 0 Å². The van der Waals surface area contributed by atoms with Gasteiger partial charge in [-0.05, 0) is 52.1 Å². The Morgan fingerprint density at radius 3 is 2.60 bits per heavy atom. The van der Waals surface area contributed by atoms with Gasteiger partial charge in [-0.2, -0.15) is 0 Å². The van der Waals surface area contributed by atoms with Crippen molar-refractivity contribution in [2.45, 2.75) is 51.0 Å². The van der Waals surface area contributed by atoms with Crippen LogP contribution in [0.3, 0.4) is 0 Å². The van der Waals surface area contributed by atoms with Gasteiger partial charge in [-0.1, -0.05) is 12.8 Å². The number of nitrogens with zero attached hydrogens (tertiary/aromatic N) is 1. The lowest BCUT2D eigenvalue weighted by Gasteiger charge is -2.40. The minimum atomic E-state index is 0.386. The van der Waals surface area contributed by atoms with Crippen LogP contribution in [-0.2, 0) is 0 Å². The van der Waals surface area contributed by atoms with Gasteiger partial charge in [-0.15, -0.1) is 0 Å². The molecular formula is C13H26N2. The minimum Gasteiger partial charge on any atom is -0.310 e. The fourth-order valence-corrected chi connectivity index (χ4v) is 3.03. The van der Waals surface area contributed by atoms with Crippen molar-refractivity contribution in [2.75, 3.05) is 26.7 Å². The molecule has 0 spiro atoms. The third-order valence-electron chi connectivity index (χ3n) is 4.12. The Kier molecular flexibility index (Phi) is 3.68. The van der Waals surface area contributed by atoms with E-state index in [0.717, 1.165) is 5.92 Å². The molecule has 1 unspecified atom stereocenters. The molecular weight excluding hydrogens is 184 g/mol. The molecule has 0 bridgehead atoms. The van der Waals surface area contributed by atoms with Crippen LogP contribution in [0.4, 0.5) is 0 Å². The van der Waals surface area contributed by atoms with Crippen LogP contribution in [0.25, 0.3) is 0 Å². The second-order valence-corrected chi connectivity index (χ2v) is 5.94. The van der Waals surface area contributed by atoms with Gasteiger partial charge in [0.25, 0.3) is 0 Å². The number of hydrogen-bond donors (Lipinski definition) is 1. The fraction of sp³-hybridized carbons (Fsp3) is 1.00. The second-order valence-electron chi connectivity index (χ2n) is 5.94. The summed E-state index contributed by atoms with van der Waals surface area (Å²) in [6.45, 7) is 6.15. The molecule has 2 fully saturated rings. The molecule has 1 aliphatic carbocycles. The van der Waals surface area contributed by atoms with Crippen LogP contribution in [0, 0.1) is 5.92 Å². The summed E-state index contributed by atoms with van der Waals surface area (Å²) < 4.78 is 0. The van der Waals surface area contributed by atoms with Crippen LogP contribution >= 0.6 is 0 Å². The Balaban J connectivity index is 1.73. The van der Waals surface area contributed by atoms with Gasteiger partial charge in [-0.3, -0.25) is 0 Å². The van der Waals surface area contributed by atoms with Crippen molar-refractivity contribution in [1.29, 1.82) is 0 Å². The average molecular weight is 210 g/mol. The van der Waals surface area contributed by atoms with Gasteiger partial charge in [0.1, 0.15) is 0 Å². The first-order chi connectivity index (χ1) is 7.18. The standard InChI is InChI=1S/C13H26N2/c1-13(8-3-4-9-14-13)11-15(2)10-12-6-5-7-12/h12,14H,3-11H2,1-2H3. The highest BCUT2D eigenvalue weighted by atomic mass is 15.1. The molecule has 1 atom stereocenters. The molecule has 1 aliphatic heterocycles. The zero-order valence-corrected chi connectivity index (χ0v) is 10.4. The smallest absolute Gasteiger partial charge is 0.0280 e. The van der Waals surface area contributed by atoms with E-state index < -0.39 is 0 Å². The van der Waals surface area contributed by atoms with E-state index in [1.165, 1.54) is 58.2 Å². The molecule has 2 nitrogen and oxygen atoms in total. The summed E-state index contributed by atoms with van der Waals surface area (Å²) in [4.78, 5) is 2.54. The lowest BCUT2D eigenvalue weighted by molar-refractivity contribution is 0.146. The molecule has 0 aromatic heterocycles. The van der Waals surface area contributed by atoms with Crippen molar-refractivity contribution in [3.63, 3.8) is 0 Å². The van der Waals surface area contributed by atoms with Crippen LogP contribution in [0.15, 0.2) is 0 Å². The van der Waals surface area contributed by atoms with Crippen LogP contribution in [0.1, 0.15) is 45.4 Å². The maximum absolute atomic E-state index is 3.69. The first-order valence-electron chi connectivity index (χ1n) is 6.62. The van der Waals surface area contributed by atoms with Crippen molar-refractivity contribution < 1.29 is 0 Å². The van der Waals surface area contributed by atoms with E-state index in [1.54, 1.807) is 0 Å². The third kappa shape index (κ3) is 3.18. The Morgan fingerprint density at radius 1 is 1.27 bits per heavy atom. The van der Waals surface area contributed by atoms with Crippen molar-refractivity contribution in [3.8, 4) is 0 Å². The summed E-state index contributed by atoms with van der Waals surface area (Å²) in [6.07, 6.45) is 8.52. The first kappa shape index (κ1) is 11.4. The van der Waals surface area contributed by atoms with E-state index in [1.807, 2.05) is 0 Å². The Hall–Kier alpha value is -0.0800. The molecule has 88 valence electrons. The summed E-state index contributed by atoms with van der Waals surface area (Å²) >= 11 is 0. The van der Waals surface area contributed by atoms with E-state index in [4.69, 9.17) is 0 Å². The first-order valence-corrected chi connectivity index (χ1v) is 6.62. The average Bonchev–Trinajstić information content (AvgIpc) is 2.12. The number of nitrogens with one attached hydrogen (secondary N) is 1. The molecule has 0 aromatic carbocycles. The summed E-state index contributed by atoms with van der Waals surface area (Å²) in [5.41, 5.74) is 0.386. The van der Waals surface area contributed by atoms with E-state index in [2.05, 4.69) is 24.2 Å². The lowest BCUT2D eigenvalue weighted by atomic mass is 9.84. The Bertz CT molecular complexity index is 193. The van der Waals surface area contributed by atoms with Gasteiger partial charge < -0.3 is 10.2 Å². The molecule has 1 saturated carbocycles. The monoisotopic (exact) mass is 210 g/mol. The van der Waals surface area contributed by atoms with Gasteiger partial charge in [0, 0.05) is 18.6 Å². The summed E-state index contributed by atoms with van der Waals surface area (Å²) in [5, 5.41) is 3.69. The summed E-state index contributed by atoms with van der Waals surface area (Å²) in [7, 11) is 2.29. The van der Waals surface area contributed by atoms with Gasteiger partial charge >= 0.3 is 0 Å². The van der Waals surface area contributed by atoms with E-state index in [0.29, 0.717) is 5.54 Å². The predicted molar refractivity (Wildman–Crippen MR) is 65.1 cm³/mol. The quantitative estimate of drug-likeness (QED) is 0.765. The van der Waals surface area contributed by atoms with E-state index in [9.17, 15) is 0 Å². The highest BCUT2D eigenvalue weighted by Crippen LogP contribution is 2.27. The molecule has 1 saturated heterocycles.